The van der Waals surface area contributed by atoms with Gasteiger partial charge in [0.1, 0.15) is 93.1 Å². The molecule has 3 amide bonds. The molecule has 0 aromatic heterocycles. The third-order valence-corrected chi connectivity index (χ3v) is 11.4. The van der Waals surface area contributed by atoms with Gasteiger partial charge in [-0.05, 0) is 0 Å². The number of carboxylic acids is 3. The van der Waals surface area contributed by atoms with Crippen molar-refractivity contribution in [2.75, 3.05) is 39.6 Å². The van der Waals surface area contributed by atoms with Crippen LogP contribution in [0.15, 0.2) is 0 Å². The minimum Gasteiger partial charge on any atom is -0.477 e. The molecule has 3 aliphatic heterocycles. The van der Waals surface area contributed by atoms with Gasteiger partial charge in [0.2, 0.25) is 17.7 Å². The maximum atomic E-state index is 13.5. The fourth-order valence-corrected chi connectivity index (χ4v) is 8.23. The number of aliphatic hydroxyl groups is 11. The highest BCUT2D eigenvalue weighted by molar-refractivity contribution is 5.80. The number of hydrogen-bond donors (Lipinski definition) is 17. The Hall–Kier alpha value is -5.41. The lowest BCUT2D eigenvalue weighted by Gasteiger charge is -2.51. The summed E-state index contributed by atoms with van der Waals surface area (Å²) in [5, 5.41) is 153. The Morgan fingerprint density at radius 3 is 1.08 bits per heavy atom. The van der Waals surface area contributed by atoms with Crippen LogP contribution in [0.2, 0.25) is 0 Å². The molecule has 34 nitrogen and oxygen atoms in total. The van der Waals surface area contributed by atoms with Crippen molar-refractivity contribution < 1.29 is 153 Å². The zero-order valence-electron chi connectivity index (χ0n) is 38.7. The summed E-state index contributed by atoms with van der Waals surface area (Å²) in [4.78, 5) is 114. The molecule has 3 rings (SSSR count). The average molecular weight is 1070 g/mol. The molecule has 0 aromatic carbocycles. The standard InChI is InChI=1S/C39H59N3O31/c1-13(49)66-17-4-37(65,34(59)60)71-32(25(17)40-22(53)10-46)29(57)20(8-44)69-39(36(63)64)6-19(68-15(3)51)27(42-24(55)12-48)33(73-39)30(58)21(9-45)70-38(35(61)62)5-18(67-14(2)50)26(41-23(54)11-47)31(72-38)28(56)16(52)7-43/h16-21,25-33,43-48,52,56-58,65H,4-12H2,1-3H3,(H,40,53)(H,41,54)(H,42,55)(H,59,60)(H,61,62)(H,63,64)/t16-,17+,18+,19+,20-,21-,25-,26-,27-,28-,29-,30-,31-,32-,33-,37?,38-,39-/m1/s1. The van der Waals surface area contributed by atoms with Gasteiger partial charge in [-0.1, -0.05) is 0 Å². The summed E-state index contributed by atoms with van der Waals surface area (Å²) in [6, 6.07) is -6.02. The number of esters is 3. The Morgan fingerprint density at radius 1 is 0.493 bits per heavy atom. The highest BCUT2D eigenvalue weighted by atomic mass is 16.8. The summed E-state index contributed by atoms with van der Waals surface area (Å²) in [5.74, 6) is -24.8. The van der Waals surface area contributed by atoms with E-state index in [2.05, 4.69) is 16.0 Å². The van der Waals surface area contributed by atoms with Gasteiger partial charge in [0.05, 0.1) is 57.2 Å². The number of aliphatic hydroxyl groups excluding tert-OH is 10. The summed E-state index contributed by atoms with van der Waals surface area (Å²) in [5.41, 5.74) is 0. The second kappa shape index (κ2) is 26.2. The van der Waals surface area contributed by atoms with Crippen LogP contribution in [0.1, 0.15) is 40.0 Å². The van der Waals surface area contributed by atoms with Gasteiger partial charge in [-0.3, -0.25) is 28.8 Å². The quantitative estimate of drug-likeness (QED) is 0.0298. The zero-order valence-corrected chi connectivity index (χ0v) is 38.7. The number of ether oxygens (including phenoxy) is 8. The third-order valence-electron chi connectivity index (χ3n) is 11.4. The van der Waals surface area contributed by atoms with Crippen molar-refractivity contribution in [3.8, 4) is 0 Å². The molecule has 3 heterocycles. The second-order valence-corrected chi connectivity index (χ2v) is 16.7. The fourth-order valence-electron chi connectivity index (χ4n) is 8.23. The summed E-state index contributed by atoms with van der Waals surface area (Å²) in [7, 11) is 0. The number of aliphatic carboxylic acids is 3. The molecule has 0 aromatic rings. The molecule has 0 radical (unpaired) electrons. The first-order valence-corrected chi connectivity index (χ1v) is 21.6. The number of nitrogens with one attached hydrogen (secondary N) is 3. The third kappa shape index (κ3) is 14.9. The van der Waals surface area contributed by atoms with Gasteiger partial charge in [0.15, 0.2) is 0 Å². The van der Waals surface area contributed by atoms with Crippen molar-refractivity contribution in [2.45, 2.75) is 149 Å². The lowest BCUT2D eigenvalue weighted by atomic mass is 9.86. The van der Waals surface area contributed by atoms with Crippen molar-refractivity contribution in [3.63, 3.8) is 0 Å². The number of amides is 3. The van der Waals surface area contributed by atoms with Gasteiger partial charge in [-0.25, -0.2) is 14.4 Å². The Labute approximate surface area is 410 Å². The van der Waals surface area contributed by atoms with Crippen molar-refractivity contribution >= 4 is 53.5 Å². The van der Waals surface area contributed by atoms with E-state index in [0.717, 1.165) is 20.8 Å². The topological polar surface area (TPSA) is 547 Å². The highest BCUT2D eigenvalue weighted by Gasteiger charge is 2.63. The van der Waals surface area contributed by atoms with Crippen LogP contribution in [0, 0.1) is 0 Å². The van der Waals surface area contributed by atoms with Gasteiger partial charge >= 0.3 is 35.8 Å². The molecule has 34 heteroatoms. The van der Waals surface area contributed by atoms with Crippen molar-refractivity contribution in [1.82, 2.24) is 16.0 Å². The van der Waals surface area contributed by atoms with Crippen molar-refractivity contribution in [3.05, 3.63) is 0 Å². The Bertz CT molecular complexity index is 2000. The van der Waals surface area contributed by atoms with Crippen molar-refractivity contribution in [1.29, 1.82) is 0 Å². The first-order chi connectivity index (χ1) is 34.0. The summed E-state index contributed by atoms with van der Waals surface area (Å²) in [6.07, 6.45) is -32.7. The van der Waals surface area contributed by atoms with Crippen LogP contribution in [0.4, 0.5) is 0 Å². The molecule has 0 saturated carbocycles. The van der Waals surface area contributed by atoms with Gasteiger partial charge in [0, 0.05) is 20.8 Å². The van der Waals surface area contributed by atoms with Crippen LogP contribution in [-0.2, 0) is 81.0 Å². The molecule has 1 unspecified atom stereocenters. The van der Waals surface area contributed by atoms with E-state index < -0.39 is 221 Å². The molecule has 17 N–H and O–H groups in total. The predicted octanol–water partition coefficient (Wildman–Crippen LogP) is -10.9. The van der Waals surface area contributed by atoms with Crippen LogP contribution in [-0.4, -0.2) is 273 Å². The lowest BCUT2D eigenvalue weighted by molar-refractivity contribution is -0.356. The first-order valence-electron chi connectivity index (χ1n) is 21.6. The van der Waals surface area contributed by atoms with Crippen molar-refractivity contribution in [2.24, 2.45) is 0 Å². The van der Waals surface area contributed by atoms with Gasteiger partial charge in [0.25, 0.3) is 17.4 Å². The van der Waals surface area contributed by atoms with Gasteiger partial charge < -0.3 is 125 Å². The Kier molecular flexibility index (Phi) is 22.2. The van der Waals surface area contributed by atoms with E-state index in [0.29, 0.717) is 0 Å². The molecule has 0 aliphatic carbocycles. The Balaban J connectivity index is 2.28. The molecule has 3 aliphatic rings. The van der Waals surface area contributed by atoms with E-state index in [-0.39, 0.29) is 0 Å². The molecule has 73 heavy (non-hydrogen) atoms. The normalized spacial score (nSPS) is 32.7. The number of hydrogen-bond acceptors (Lipinski definition) is 28. The second-order valence-electron chi connectivity index (χ2n) is 16.7. The summed E-state index contributed by atoms with van der Waals surface area (Å²) in [6.45, 7) is -6.07. The molecule has 3 saturated heterocycles. The molecule has 3 fully saturated rings. The summed E-state index contributed by atoms with van der Waals surface area (Å²) < 4.78 is 43.4. The van der Waals surface area contributed by atoms with Crippen LogP contribution >= 0.6 is 0 Å². The lowest BCUT2D eigenvalue weighted by Crippen LogP contribution is -2.72. The fraction of sp³-hybridized carbons (Fsp3) is 0.769. The van der Waals surface area contributed by atoms with Gasteiger partial charge in [-0.2, -0.15) is 0 Å². The van der Waals surface area contributed by atoms with Crippen LogP contribution in [0.5, 0.6) is 0 Å². The predicted molar refractivity (Wildman–Crippen MR) is 221 cm³/mol. The van der Waals surface area contributed by atoms with E-state index >= 15 is 0 Å². The van der Waals surface area contributed by atoms with E-state index in [4.69, 9.17) is 37.9 Å². The van der Waals surface area contributed by atoms with Crippen LogP contribution < -0.4 is 16.0 Å². The average Bonchev–Trinajstić information content (AvgIpc) is 3.32. The SMILES string of the molecule is CC(=O)O[C@H]1C[C@](O[C@H](CO)[C@@H](O)[C@@H]2O[C@@](O[C@H](CO)[C@@H](O)[C@@H]3OC(O)(C(=O)O)C[C@H](OC(C)=O)[C@H]3NC(=O)CO)(C(=O)O)C[C@H](OC(C)=O)[C@H]2NC(=O)CO)(C(=O)O)O[C@@H]([C@H](O)[C@H](O)CO)[C@@H]1NC(=O)CO. The Morgan fingerprint density at radius 2 is 0.808 bits per heavy atom. The molecule has 416 valence electrons. The van der Waals surface area contributed by atoms with Crippen LogP contribution in [0.25, 0.3) is 0 Å². The zero-order chi connectivity index (χ0) is 55.5. The van der Waals surface area contributed by atoms with E-state index in [9.17, 15) is 115 Å². The number of carbonyl (C=O) groups excluding carboxylic acids is 6. The maximum absolute atomic E-state index is 13.5. The largest absolute Gasteiger partial charge is 0.477 e. The minimum absolute atomic E-state index is 0.741. The van der Waals surface area contributed by atoms with E-state index in [1.807, 2.05) is 0 Å². The molecule has 18 atom stereocenters. The molecule has 0 bridgehead atoms. The van der Waals surface area contributed by atoms with E-state index in [1.54, 1.807) is 0 Å². The monoisotopic (exact) mass is 1070 g/mol. The van der Waals surface area contributed by atoms with E-state index in [1.165, 1.54) is 0 Å². The first kappa shape index (κ1) is 61.9. The highest BCUT2D eigenvalue weighted by Crippen LogP contribution is 2.41. The number of carboxylic acid groups (broad SMARTS) is 3. The summed E-state index contributed by atoms with van der Waals surface area (Å²) >= 11 is 0. The number of rotatable bonds is 25. The minimum atomic E-state index is -3.57. The molecular weight excluding hydrogens is 1010 g/mol. The smallest absolute Gasteiger partial charge is 0.364 e. The number of carbonyl (C=O) groups is 9. The van der Waals surface area contributed by atoms with Gasteiger partial charge in [-0.15, -0.1) is 0 Å². The molecule has 0 spiro atoms. The van der Waals surface area contributed by atoms with Crippen LogP contribution in [0.3, 0.4) is 0 Å². The molecular formula is C39H59N3O31. The maximum Gasteiger partial charge on any atom is 0.364 e.